The van der Waals surface area contributed by atoms with E-state index >= 15 is 0 Å². The minimum absolute atomic E-state index is 0.159. The van der Waals surface area contributed by atoms with Crippen LogP contribution in [0.5, 0.6) is 0 Å². The zero-order chi connectivity index (χ0) is 19.5. The summed E-state index contributed by atoms with van der Waals surface area (Å²) in [5.41, 5.74) is 0.741. The first-order valence-electron chi connectivity index (χ1n) is 12.0. The van der Waals surface area contributed by atoms with Crippen LogP contribution in [-0.4, -0.2) is 22.4 Å². The zero-order valence-corrected chi connectivity index (χ0v) is 17.6. The van der Waals surface area contributed by atoms with Crippen molar-refractivity contribution < 1.29 is 10.2 Å². The first kappa shape index (κ1) is 19.2. The molecule has 5 aliphatic rings. The van der Waals surface area contributed by atoms with Crippen molar-refractivity contribution in [3.8, 4) is 11.8 Å². The average molecular weight is 383 g/mol. The third kappa shape index (κ3) is 3.09. The Hall–Kier alpha value is -0.780. The van der Waals surface area contributed by atoms with Crippen molar-refractivity contribution in [2.75, 3.05) is 6.61 Å². The first-order valence-corrected chi connectivity index (χ1v) is 12.0. The fourth-order valence-corrected chi connectivity index (χ4v) is 8.24. The van der Waals surface area contributed by atoms with Crippen molar-refractivity contribution >= 4 is 0 Å². The molecule has 5 fully saturated rings. The second kappa shape index (κ2) is 6.88. The number of rotatable bonds is 2. The Bertz CT molecular complexity index is 697. The van der Waals surface area contributed by atoms with Crippen LogP contribution >= 0.6 is 0 Å². The summed E-state index contributed by atoms with van der Waals surface area (Å²) in [6, 6.07) is 0. The van der Waals surface area contributed by atoms with Gasteiger partial charge in [-0.3, -0.25) is 0 Å². The summed E-state index contributed by atoms with van der Waals surface area (Å²) in [5, 5.41) is 20.8. The maximum atomic E-state index is 11.1. The molecule has 5 rings (SSSR count). The van der Waals surface area contributed by atoms with Crippen LogP contribution in [0.1, 0.15) is 77.6 Å². The van der Waals surface area contributed by atoms with Gasteiger partial charge in [-0.25, -0.2) is 0 Å². The molecule has 0 heterocycles. The third-order valence-electron chi connectivity index (χ3n) is 9.79. The van der Waals surface area contributed by atoms with E-state index in [1.54, 1.807) is 0 Å². The summed E-state index contributed by atoms with van der Waals surface area (Å²) in [6.45, 7) is 6.89. The Kier molecular flexibility index (Phi) is 4.72. The summed E-state index contributed by atoms with van der Waals surface area (Å²) >= 11 is 0. The molecule has 0 bridgehead atoms. The minimum atomic E-state index is -0.697. The fraction of sp³-hybridized carbons (Fsp3) is 0.846. The van der Waals surface area contributed by atoms with Gasteiger partial charge in [-0.1, -0.05) is 25.3 Å². The topological polar surface area (TPSA) is 40.5 Å². The number of hydrogen-bond donors (Lipinski definition) is 2. The van der Waals surface area contributed by atoms with Gasteiger partial charge in [0.2, 0.25) is 0 Å². The summed E-state index contributed by atoms with van der Waals surface area (Å²) in [4.78, 5) is 0. The van der Waals surface area contributed by atoms with E-state index in [1.165, 1.54) is 57.8 Å². The molecule has 5 saturated carbocycles. The van der Waals surface area contributed by atoms with Crippen molar-refractivity contribution in [1.82, 2.24) is 0 Å². The van der Waals surface area contributed by atoms with Gasteiger partial charge in [0.25, 0.3) is 0 Å². The van der Waals surface area contributed by atoms with Crippen LogP contribution in [0.15, 0.2) is 12.2 Å². The lowest BCUT2D eigenvalue weighted by molar-refractivity contribution is -0.0876. The second-order valence-corrected chi connectivity index (χ2v) is 11.2. The van der Waals surface area contributed by atoms with Crippen LogP contribution in [0.25, 0.3) is 0 Å². The molecular weight excluding hydrogens is 344 g/mol. The van der Waals surface area contributed by atoms with Crippen LogP contribution in [0.3, 0.4) is 0 Å². The van der Waals surface area contributed by atoms with Gasteiger partial charge >= 0.3 is 0 Å². The Morgan fingerprint density at radius 1 is 0.964 bits per heavy atom. The molecule has 0 aromatic heterocycles. The maximum absolute atomic E-state index is 11.1. The average Bonchev–Trinajstić information content (AvgIpc) is 3.45. The Morgan fingerprint density at radius 2 is 1.75 bits per heavy atom. The largest absolute Gasteiger partial charge is 0.392 e. The fourth-order valence-electron chi connectivity index (χ4n) is 8.24. The van der Waals surface area contributed by atoms with Gasteiger partial charge in [0.05, 0.1) is 6.61 Å². The van der Waals surface area contributed by atoms with Crippen molar-refractivity contribution in [2.45, 2.75) is 83.2 Å². The molecule has 0 aromatic rings. The summed E-state index contributed by atoms with van der Waals surface area (Å²) in [6.07, 6.45) is 13.3. The molecule has 0 aliphatic heterocycles. The number of fused-ring (bicyclic) bond motifs is 5. The van der Waals surface area contributed by atoms with Gasteiger partial charge in [-0.2, -0.15) is 0 Å². The van der Waals surface area contributed by atoms with Crippen LogP contribution in [0, 0.1) is 58.7 Å². The highest BCUT2D eigenvalue weighted by molar-refractivity contribution is 5.21. The van der Waals surface area contributed by atoms with Crippen LogP contribution < -0.4 is 0 Å². The van der Waals surface area contributed by atoms with Gasteiger partial charge < -0.3 is 10.2 Å². The maximum Gasteiger partial charge on any atom is 0.125 e. The Labute approximate surface area is 171 Å². The molecule has 0 radical (unpaired) electrons. The van der Waals surface area contributed by atoms with Gasteiger partial charge in [0.15, 0.2) is 0 Å². The third-order valence-corrected chi connectivity index (χ3v) is 9.79. The van der Waals surface area contributed by atoms with E-state index in [2.05, 4.69) is 25.3 Å². The minimum Gasteiger partial charge on any atom is -0.392 e. The second-order valence-electron chi connectivity index (χ2n) is 11.2. The van der Waals surface area contributed by atoms with Gasteiger partial charge in [0.1, 0.15) is 5.60 Å². The lowest BCUT2D eigenvalue weighted by Gasteiger charge is -2.57. The standard InChI is InChI=1S/C26H38O2/c1-17(16-27)23-7-8-24-22-6-5-19-15-26(28,13-9-18-3-4-18)14-11-20(19)21(22)10-12-25(23,24)2/h18-24,27-28H,1,3-8,10-12,14-16H2,2H3/t19-,20-,21+,22+,23+,24-,25+,26+/m0/s1. The first-order chi connectivity index (χ1) is 13.4. The lowest BCUT2D eigenvalue weighted by atomic mass is 9.48. The van der Waals surface area contributed by atoms with E-state index in [1.807, 2.05) is 0 Å². The number of hydrogen-bond acceptors (Lipinski definition) is 2. The van der Waals surface area contributed by atoms with Gasteiger partial charge in [0, 0.05) is 5.92 Å². The normalized spacial score (nSPS) is 50.0. The van der Waals surface area contributed by atoms with Crippen molar-refractivity contribution in [3.63, 3.8) is 0 Å². The Balaban J connectivity index is 1.31. The van der Waals surface area contributed by atoms with Gasteiger partial charge in [-0.05, 0) is 117 Å². The predicted octanol–water partition coefficient (Wildman–Crippen LogP) is 4.95. The lowest BCUT2D eigenvalue weighted by Crippen LogP contribution is -2.50. The van der Waals surface area contributed by atoms with E-state index in [4.69, 9.17) is 0 Å². The van der Waals surface area contributed by atoms with E-state index in [0.717, 1.165) is 42.1 Å². The van der Waals surface area contributed by atoms with Crippen LogP contribution in [0.4, 0.5) is 0 Å². The van der Waals surface area contributed by atoms with E-state index in [-0.39, 0.29) is 6.61 Å². The molecule has 2 heteroatoms. The summed E-state index contributed by atoms with van der Waals surface area (Å²) in [7, 11) is 0. The number of aliphatic hydroxyl groups is 2. The molecule has 0 aromatic carbocycles. The molecule has 2 nitrogen and oxygen atoms in total. The quantitative estimate of drug-likeness (QED) is 0.524. The predicted molar refractivity (Wildman–Crippen MR) is 112 cm³/mol. The molecule has 8 atom stereocenters. The SMILES string of the molecule is C=C(CO)[C@H]1CC[C@H]2[C@@H]3CC[C@H]4C[C@@](O)(C#CC5CC5)CC[C@@H]4[C@H]3CC[C@]12C. The van der Waals surface area contributed by atoms with Crippen LogP contribution in [0.2, 0.25) is 0 Å². The van der Waals surface area contributed by atoms with E-state index < -0.39 is 5.60 Å². The Morgan fingerprint density at radius 3 is 2.50 bits per heavy atom. The molecule has 2 N–H and O–H groups in total. The highest BCUT2D eigenvalue weighted by Gasteiger charge is 2.57. The molecule has 0 amide bonds. The zero-order valence-electron chi connectivity index (χ0n) is 17.6. The summed E-state index contributed by atoms with van der Waals surface area (Å²) in [5.74, 6) is 11.8. The van der Waals surface area contributed by atoms with Gasteiger partial charge in [-0.15, -0.1) is 0 Å². The van der Waals surface area contributed by atoms with Crippen molar-refractivity contribution in [3.05, 3.63) is 12.2 Å². The smallest absolute Gasteiger partial charge is 0.125 e. The monoisotopic (exact) mass is 382 g/mol. The molecule has 5 aliphatic carbocycles. The molecule has 0 saturated heterocycles. The summed E-state index contributed by atoms with van der Waals surface area (Å²) < 4.78 is 0. The molecule has 0 spiro atoms. The highest BCUT2D eigenvalue weighted by Crippen LogP contribution is 2.65. The van der Waals surface area contributed by atoms with Crippen molar-refractivity contribution in [2.24, 2.45) is 46.8 Å². The molecule has 154 valence electrons. The number of aliphatic hydroxyl groups excluding tert-OH is 1. The molecular formula is C26H38O2. The van der Waals surface area contributed by atoms with Crippen LogP contribution in [-0.2, 0) is 0 Å². The molecule has 0 unspecified atom stereocenters. The van der Waals surface area contributed by atoms with Crippen molar-refractivity contribution in [1.29, 1.82) is 0 Å². The van der Waals surface area contributed by atoms with E-state index in [0.29, 0.717) is 23.2 Å². The molecule has 28 heavy (non-hydrogen) atoms. The van der Waals surface area contributed by atoms with E-state index in [9.17, 15) is 10.2 Å². The highest BCUT2D eigenvalue weighted by atomic mass is 16.3.